The van der Waals surface area contributed by atoms with Crippen LogP contribution in [0.3, 0.4) is 0 Å². The number of nitrogens with zero attached hydrogens (tertiary/aromatic N) is 2. The van der Waals surface area contributed by atoms with Crippen LogP contribution in [-0.2, 0) is 28.9 Å². The van der Waals surface area contributed by atoms with Crippen molar-refractivity contribution < 1.29 is 9.59 Å². The maximum Gasteiger partial charge on any atom is 0.267 e. The number of rotatable bonds is 6. The second-order valence-electron chi connectivity index (χ2n) is 8.81. The molecular weight excluding hydrogens is 492 g/mol. The number of thiophene rings is 1. The molecule has 184 valence electrons. The van der Waals surface area contributed by atoms with Gasteiger partial charge >= 0.3 is 0 Å². The van der Waals surface area contributed by atoms with E-state index >= 15 is 0 Å². The third kappa shape index (κ3) is 5.22. The molecule has 2 aromatic carbocycles. The van der Waals surface area contributed by atoms with E-state index < -0.39 is 0 Å². The number of amides is 2. The SMILES string of the molecule is Cc1ccc(-n2c(SCC(=O)NNC(=O)Cc3ccccc3)nc3sc4c(c3c2=O)CCCC4)cc1. The number of aromatic nitrogens is 2. The van der Waals surface area contributed by atoms with Gasteiger partial charge in [-0.05, 0) is 55.9 Å². The van der Waals surface area contributed by atoms with Gasteiger partial charge in [-0.3, -0.25) is 29.8 Å². The molecule has 2 aromatic heterocycles. The zero-order valence-electron chi connectivity index (χ0n) is 19.9. The van der Waals surface area contributed by atoms with Crippen LogP contribution in [0.4, 0.5) is 0 Å². The third-order valence-corrected chi connectivity index (χ3v) is 8.26. The maximum atomic E-state index is 13.8. The van der Waals surface area contributed by atoms with Crippen molar-refractivity contribution in [2.75, 3.05) is 5.75 Å². The molecule has 0 bridgehead atoms. The summed E-state index contributed by atoms with van der Waals surface area (Å²) < 4.78 is 1.61. The minimum absolute atomic E-state index is 0.000510. The average Bonchev–Trinajstić information content (AvgIpc) is 3.26. The summed E-state index contributed by atoms with van der Waals surface area (Å²) >= 11 is 2.77. The Morgan fingerprint density at radius 1 is 1.00 bits per heavy atom. The number of hydrogen-bond acceptors (Lipinski definition) is 6. The number of thioether (sulfide) groups is 1. The topological polar surface area (TPSA) is 93.1 Å². The van der Waals surface area contributed by atoms with Crippen LogP contribution in [0.15, 0.2) is 64.5 Å². The van der Waals surface area contributed by atoms with Gasteiger partial charge in [-0.25, -0.2) is 4.98 Å². The van der Waals surface area contributed by atoms with Gasteiger partial charge in [0.15, 0.2) is 5.16 Å². The van der Waals surface area contributed by atoms with Crippen LogP contribution in [0.25, 0.3) is 15.9 Å². The Hall–Kier alpha value is -3.43. The van der Waals surface area contributed by atoms with Crippen molar-refractivity contribution in [3.8, 4) is 5.69 Å². The fourth-order valence-electron chi connectivity index (χ4n) is 4.34. The van der Waals surface area contributed by atoms with Gasteiger partial charge in [0, 0.05) is 4.88 Å². The molecular formula is C27H26N4O3S2. The van der Waals surface area contributed by atoms with E-state index in [0.717, 1.165) is 52.9 Å². The molecule has 0 spiro atoms. The molecule has 2 N–H and O–H groups in total. The highest BCUT2D eigenvalue weighted by Gasteiger charge is 2.23. The predicted octanol–water partition coefficient (Wildman–Crippen LogP) is 4.12. The van der Waals surface area contributed by atoms with Crippen molar-refractivity contribution in [3.05, 3.63) is 86.5 Å². The van der Waals surface area contributed by atoms with Crippen LogP contribution >= 0.6 is 23.1 Å². The molecule has 0 atom stereocenters. The van der Waals surface area contributed by atoms with Crippen LogP contribution in [0.1, 0.15) is 34.4 Å². The maximum absolute atomic E-state index is 13.8. The number of hydrogen-bond donors (Lipinski definition) is 2. The summed E-state index contributed by atoms with van der Waals surface area (Å²) in [5.41, 5.74) is 8.62. The molecule has 36 heavy (non-hydrogen) atoms. The Morgan fingerprint density at radius 2 is 1.72 bits per heavy atom. The Morgan fingerprint density at radius 3 is 2.50 bits per heavy atom. The van der Waals surface area contributed by atoms with Gasteiger partial charge in [-0.2, -0.15) is 0 Å². The van der Waals surface area contributed by atoms with Crippen molar-refractivity contribution in [2.24, 2.45) is 0 Å². The second-order valence-corrected chi connectivity index (χ2v) is 10.8. The summed E-state index contributed by atoms with van der Waals surface area (Å²) in [6.07, 6.45) is 4.26. The van der Waals surface area contributed by atoms with E-state index in [1.807, 2.05) is 61.5 Å². The highest BCUT2D eigenvalue weighted by atomic mass is 32.2. The lowest BCUT2D eigenvalue weighted by Gasteiger charge is -2.14. The summed E-state index contributed by atoms with van der Waals surface area (Å²) in [5.74, 6) is -0.683. The number of hydrazine groups is 1. The van der Waals surface area contributed by atoms with E-state index in [1.165, 1.54) is 16.6 Å². The van der Waals surface area contributed by atoms with Gasteiger partial charge in [-0.15, -0.1) is 11.3 Å². The lowest BCUT2D eigenvalue weighted by Crippen LogP contribution is -2.43. The average molecular weight is 519 g/mol. The van der Waals surface area contributed by atoms with Crippen LogP contribution in [0, 0.1) is 6.92 Å². The van der Waals surface area contributed by atoms with Crippen molar-refractivity contribution in [1.29, 1.82) is 0 Å². The number of fused-ring (bicyclic) bond motifs is 3. The Kier molecular flexibility index (Phi) is 7.20. The van der Waals surface area contributed by atoms with Gasteiger partial charge < -0.3 is 0 Å². The summed E-state index contributed by atoms with van der Waals surface area (Å²) in [5, 5.41) is 1.16. The Balaban J connectivity index is 1.36. The summed E-state index contributed by atoms with van der Waals surface area (Å²) in [4.78, 5) is 45.2. The Bertz CT molecular complexity index is 1480. The third-order valence-electron chi connectivity index (χ3n) is 6.13. The molecule has 1 aliphatic rings. The van der Waals surface area contributed by atoms with E-state index in [2.05, 4.69) is 10.9 Å². The highest BCUT2D eigenvalue weighted by molar-refractivity contribution is 7.99. The van der Waals surface area contributed by atoms with Gasteiger partial charge in [-0.1, -0.05) is 59.8 Å². The first-order valence-electron chi connectivity index (χ1n) is 11.9. The summed E-state index contributed by atoms with van der Waals surface area (Å²) in [6.45, 7) is 2.00. The van der Waals surface area contributed by atoms with E-state index in [1.54, 1.807) is 15.9 Å². The minimum Gasteiger partial charge on any atom is -0.273 e. The van der Waals surface area contributed by atoms with Gasteiger partial charge in [0.2, 0.25) is 11.8 Å². The van der Waals surface area contributed by atoms with Crippen LogP contribution < -0.4 is 16.4 Å². The normalized spacial score (nSPS) is 12.8. The van der Waals surface area contributed by atoms with Crippen molar-refractivity contribution >= 4 is 45.1 Å². The molecule has 0 saturated carbocycles. The predicted molar refractivity (Wildman–Crippen MR) is 144 cm³/mol. The number of carbonyl (C=O) groups is 2. The van der Waals surface area contributed by atoms with Gasteiger partial charge in [0.25, 0.3) is 5.56 Å². The molecule has 1 aliphatic carbocycles. The van der Waals surface area contributed by atoms with Crippen LogP contribution in [0.2, 0.25) is 0 Å². The summed E-state index contributed by atoms with van der Waals surface area (Å²) in [7, 11) is 0. The van der Waals surface area contributed by atoms with Gasteiger partial charge in [0.1, 0.15) is 4.83 Å². The zero-order chi connectivity index (χ0) is 25.1. The second kappa shape index (κ2) is 10.7. The number of aryl methyl sites for hydroxylation is 3. The van der Waals surface area contributed by atoms with Crippen molar-refractivity contribution in [1.82, 2.24) is 20.4 Å². The van der Waals surface area contributed by atoms with Crippen LogP contribution in [0.5, 0.6) is 0 Å². The molecule has 0 saturated heterocycles. The molecule has 0 radical (unpaired) electrons. The molecule has 9 heteroatoms. The molecule has 2 heterocycles. The molecule has 0 fully saturated rings. The van der Waals surface area contributed by atoms with E-state index in [4.69, 9.17) is 4.98 Å². The zero-order valence-corrected chi connectivity index (χ0v) is 21.5. The van der Waals surface area contributed by atoms with Crippen molar-refractivity contribution in [2.45, 2.75) is 44.2 Å². The quantitative estimate of drug-likeness (QED) is 0.228. The highest BCUT2D eigenvalue weighted by Crippen LogP contribution is 2.35. The fraction of sp³-hybridized carbons (Fsp3) is 0.259. The van der Waals surface area contributed by atoms with E-state index in [0.29, 0.717) is 10.5 Å². The number of nitrogens with one attached hydrogen (secondary N) is 2. The van der Waals surface area contributed by atoms with Crippen LogP contribution in [-0.4, -0.2) is 27.1 Å². The molecule has 0 unspecified atom stereocenters. The molecule has 0 aliphatic heterocycles. The molecule has 2 amide bonds. The summed E-state index contributed by atoms with van der Waals surface area (Å²) in [6, 6.07) is 17.0. The largest absolute Gasteiger partial charge is 0.273 e. The van der Waals surface area contributed by atoms with E-state index in [-0.39, 0.29) is 29.5 Å². The molecule has 7 nitrogen and oxygen atoms in total. The minimum atomic E-state index is -0.378. The fourth-order valence-corrected chi connectivity index (χ4v) is 6.45. The monoisotopic (exact) mass is 518 g/mol. The first-order chi connectivity index (χ1) is 17.5. The lowest BCUT2D eigenvalue weighted by atomic mass is 9.97. The number of benzene rings is 2. The lowest BCUT2D eigenvalue weighted by molar-refractivity contribution is -0.127. The Labute approximate surface area is 216 Å². The smallest absolute Gasteiger partial charge is 0.267 e. The standard InChI is InChI=1S/C27H26N4O3S2/c1-17-11-13-19(14-12-17)31-26(34)24-20-9-5-6-10-21(20)36-25(24)28-27(31)35-16-23(33)30-29-22(32)15-18-7-3-2-4-8-18/h2-4,7-8,11-14H,5-6,9-10,15-16H2,1H3,(H,29,32)(H,30,33). The molecule has 4 aromatic rings. The van der Waals surface area contributed by atoms with Gasteiger partial charge in [0.05, 0.1) is 23.2 Å². The first-order valence-corrected chi connectivity index (χ1v) is 13.7. The van der Waals surface area contributed by atoms with Crippen molar-refractivity contribution in [3.63, 3.8) is 0 Å². The first kappa shape index (κ1) is 24.3. The van der Waals surface area contributed by atoms with E-state index in [9.17, 15) is 14.4 Å². The number of carbonyl (C=O) groups excluding carboxylic acids is 2. The molecule has 5 rings (SSSR count).